The fourth-order valence-corrected chi connectivity index (χ4v) is 1.32. The van der Waals surface area contributed by atoms with Gasteiger partial charge in [0.25, 0.3) is 5.91 Å². The third-order valence-corrected chi connectivity index (χ3v) is 2.54. The van der Waals surface area contributed by atoms with E-state index in [0.717, 1.165) is 0 Å². The van der Waals surface area contributed by atoms with Gasteiger partial charge in [0.05, 0.1) is 10.0 Å². The molecule has 0 unspecified atom stereocenters. The Morgan fingerprint density at radius 2 is 2.07 bits per heavy atom. The molecular formula is C10H11Cl2NO2. The molecule has 0 atom stereocenters. The lowest BCUT2D eigenvalue weighted by atomic mass is 10.2. The normalized spacial score (nSPS) is 10.1. The van der Waals surface area contributed by atoms with Crippen molar-refractivity contribution in [3.8, 4) is 0 Å². The fraction of sp³-hybridized carbons (Fsp3) is 0.300. The molecule has 0 radical (unpaired) electrons. The molecule has 0 saturated heterocycles. The van der Waals surface area contributed by atoms with E-state index in [0.29, 0.717) is 28.6 Å². The Morgan fingerprint density at radius 3 is 2.67 bits per heavy atom. The molecule has 15 heavy (non-hydrogen) atoms. The standard InChI is InChI=1S/C10H11Cl2NO2/c11-8-3-2-7(6-9(8)12)10(15)13-4-1-5-14/h2-3,6,14H,1,4-5H2,(H,13,15). The van der Waals surface area contributed by atoms with E-state index in [1.807, 2.05) is 0 Å². The monoisotopic (exact) mass is 247 g/mol. The number of nitrogens with one attached hydrogen (secondary N) is 1. The number of carbonyl (C=O) groups is 1. The summed E-state index contributed by atoms with van der Waals surface area (Å²) in [4.78, 5) is 11.5. The number of amides is 1. The summed E-state index contributed by atoms with van der Waals surface area (Å²) in [5, 5.41) is 12.0. The van der Waals surface area contributed by atoms with Crippen LogP contribution in [0.15, 0.2) is 18.2 Å². The van der Waals surface area contributed by atoms with Gasteiger partial charge in [-0.15, -0.1) is 0 Å². The first-order valence-electron chi connectivity index (χ1n) is 4.49. The Bertz CT molecular complexity index is 355. The van der Waals surface area contributed by atoms with Gasteiger partial charge < -0.3 is 10.4 Å². The molecule has 0 fully saturated rings. The summed E-state index contributed by atoms with van der Waals surface area (Å²) in [5.74, 6) is -0.220. The Balaban J connectivity index is 2.62. The van der Waals surface area contributed by atoms with Gasteiger partial charge in [0, 0.05) is 18.7 Å². The van der Waals surface area contributed by atoms with Crippen LogP contribution in [0.1, 0.15) is 16.8 Å². The molecular weight excluding hydrogens is 237 g/mol. The van der Waals surface area contributed by atoms with Gasteiger partial charge in [0.2, 0.25) is 0 Å². The third-order valence-electron chi connectivity index (χ3n) is 1.80. The van der Waals surface area contributed by atoms with Crippen molar-refractivity contribution in [2.45, 2.75) is 6.42 Å². The highest BCUT2D eigenvalue weighted by atomic mass is 35.5. The molecule has 0 heterocycles. The average Bonchev–Trinajstić information content (AvgIpc) is 2.22. The molecule has 2 N–H and O–H groups in total. The van der Waals surface area contributed by atoms with Crippen LogP contribution >= 0.6 is 23.2 Å². The van der Waals surface area contributed by atoms with E-state index in [9.17, 15) is 4.79 Å². The number of hydrogen-bond acceptors (Lipinski definition) is 2. The molecule has 1 aromatic rings. The summed E-state index contributed by atoms with van der Waals surface area (Å²) in [5.41, 5.74) is 0.460. The zero-order chi connectivity index (χ0) is 11.3. The second-order valence-electron chi connectivity index (χ2n) is 2.96. The average molecular weight is 248 g/mol. The van der Waals surface area contributed by atoms with Gasteiger partial charge in [0.15, 0.2) is 0 Å². The summed E-state index contributed by atoms with van der Waals surface area (Å²) >= 11 is 11.5. The molecule has 0 spiro atoms. The number of halogens is 2. The molecule has 0 bridgehead atoms. The van der Waals surface area contributed by atoms with E-state index in [1.54, 1.807) is 12.1 Å². The maximum Gasteiger partial charge on any atom is 0.251 e. The van der Waals surface area contributed by atoms with E-state index in [1.165, 1.54) is 6.07 Å². The second-order valence-corrected chi connectivity index (χ2v) is 3.78. The predicted octanol–water partition coefficient (Wildman–Crippen LogP) is 2.11. The zero-order valence-corrected chi connectivity index (χ0v) is 9.48. The quantitative estimate of drug-likeness (QED) is 0.801. The molecule has 0 saturated carbocycles. The molecule has 1 rings (SSSR count). The first-order chi connectivity index (χ1) is 7.15. The second kappa shape index (κ2) is 5.95. The summed E-state index contributed by atoms with van der Waals surface area (Å²) in [6.45, 7) is 0.497. The van der Waals surface area contributed by atoms with Crippen LogP contribution in [0.3, 0.4) is 0 Å². The minimum absolute atomic E-state index is 0.0572. The van der Waals surface area contributed by atoms with Crippen molar-refractivity contribution >= 4 is 29.1 Å². The number of aliphatic hydroxyl groups excluding tert-OH is 1. The molecule has 82 valence electrons. The number of carbonyl (C=O) groups excluding carboxylic acids is 1. The molecule has 0 aliphatic carbocycles. The molecule has 5 heteroatoms. The van der Waals surface area contributed by atoms with Crippen LogP contribution in [0, 0.1) is 0 Å². The number of hydrogen-bond donors (Lipinski definition) is 2. The van der Waals surface area contributed by atoms with E-state index in [2.05, 4.69) is 5.32 Å². The van der Waals surface area contributed by atoms with Crippen LogP contribution in [0.5, 0.6) is 0 Å². The Hall–Kier alpha value is -0.770. The Kier molecular flexibility index (Phi) is 4.88. The van der Waals surface area contributed by atoms with Gasteiger partial charge >= 0.3 is 0 Å². The number of benzene rings is 1. The summed E-state index contributed by atoms with van der Waals surface area (Å²) in [6, 6.07) is 4.69. The maximum atomic E-state index is 11.5. The van der Waals surface area contributed by atoms with E-state index >= 15 is 0 Å². The summed E-state index contributed by atoms with van der Waals surface area (Å²) in [6.07, 6.45) is 0.535. The molecule has 0 aliphatic rings. The number of aliphatic hydroxyl groups is 1. The van der Waals surface area contributed by atoms with E-state index in [-0.39, 0.29) is 12.5 Å². The van der Waals surface area contributed by atoms with E-state index in [4.69, 9.17) is 28.3 Å². The van der Waals surface area contributed by atoms with Crippen molar-refractivity contribution in [2.75, 3.05) is 13.2 Å². The molecule has 0 aliphatic heterocycles. The van der Waals surface area contributed by atoms with Crippen molar-refractivity contribution in [1.29, 1.82) is 0 Å². The predicted molar refractivity (Wildman–Crippen MR) is 60.5 cm³/mol. The van der Waals surface area contributed by atoms with Gasteiger partial charge in [-0.2, -0.15) is 0 Å². The van der Waals surface area contributed by atoms with Crippen molar-refractivity contribution in [3.63, 3.8) is 0 Å². The topological polar surface area (TPSA) is 49.3 Å². The Labute approximate surface area is 98.0 Å². The molecule has 0 aromatic heterocycles. The van der Waals surface area contributed by atoms with Crippen molar-refractivity contribution in [2.24, 2.45) is 0 Å². The first kappa shape index (κ1) is 12.3. The minimum Gasteiger partial charge on any atom is -0.396 e. The van der Waals surface area contributed by atoms with Crippen molar-refractivity contribution < 1.29 is 9.90 Å². The summed E-state index contributed by atoms with van der Waals surface area (Å²) in [7, 11) is 0. The SMILES string of the molecule is O=C(NCCCO)c1ccc(Cl)c(Cl)c1. The lowest BCUT2D eigenvalue weighted by Crippen LogP contribution is -2.24. The largest absolute Gasteiger partial charge is 0.396 e. The maximum absolute atomic E-state index is 11.5. The highest BCUT2D eigenvalue weighted by molar-refractivity contribution is 6.42. The van der Waals surface area contributed by atoms with Crippen LogP contribution in [0.4, 0.5) is 0 Å². The van der Waals surface area contributed by atoms with Gasteiger partial charge in [-0.3, -0.25) is 4.79 Å². The van der Waals surface area contributed by atoms with Crippen LogP contribution in [0.25, 0.3) is 0 Å². The van der Waals surface area contributed by atoms with Crippen LogP contribution in [-0.4, -0.2) is 24.2 Å². The van der Waals surface area contributed by atoms with Gasteiger partial charge in [-0.05, 0) is 24.6 Å². The first-order valence-corrected chi connectivity index (χ1v) is 5.25. The van der Waals surface area contributed by atoms with Gasteiger partial charge in [0.1, 0.15) is 0 Å². The smallest absolute Gasteiger partial charge is 0.251 e. The highest BCUT2D eigenvalue weighted by Crippen LogP contribution is 2.22. The minimum atomic E-state index is -0.220. The Morgan fingerprint density at radius 1 is 1.33 bits per heavy atom. The third kappa shape index (κ3) is 3.70. The van der Waals surface area contributed by atoms with Gasteiger partial charge in [-0.1, -0.05) is 23.2 Å². The highest BCUT2D eigenvalue weighted by Gasteiger charge is 2.06. The molecule has 1 amide bonds. The van der Waals surface area contributed by atoms with Crippen LogP contribution in [-0.2, 0) is 0 Å². The molecule has 3 nitrogen and oxygen atoms in total. The van der Waals surface area contributed by atoms with Crippen LogP contribution in [0.2, 0.25) is 10.0 Å². The van der Waals surface area contributed by atoms with Gasteiger partial charge in [-0.25, -0.2) is 0 Å². The van der Waals surface area contributed by atoms with Crippen molar-refractivity contribution in [1.82, 2.24) is 5.32 Å². The van der Waals surface area contributed by atoms with Crippen molar-refractivity contribution in [3.05, 3.63) is 33.8 Å². The van der Waals surface area contributed by atoms with E-state index < -0.39 is 0 Å². The number of rotatable bonds is 4. The zero-order valence-electron chi connectivity index (χ0n) is 7.96. The fourth-order valence-electron chi connectivity index (χ4n) is 1.02. The summed E-state index contributed by atoms with van der Waals surface area (Å²) < 4.78 is 0. The lowest BCUT2D eigenvalue weighted by Gasteiger charge is -2.04. The molecule has 1 aromatic carbocycles. The van der Waals surface area contributed by atoms with Crippen LogP contribution < -0.4 is 5.32 Å². The lowest BCUT2D eigenvalue weighted by molar-refractivity contribution is 0.0951.